The Morgan fingerprint density at radius 2 is 2.10 bits per heavy atom. The molecule has 1 aliphatic heterocycles. The Hall–Kier alpha value is -1.82. The molecule has 2 aliphatic rings. The number of likely N-dealkylation sites (tertiary alicyclic amines) is 1. The third kappa shape index (κ3) is 2.70. The Balaban J connectivity index is 1.61. The van der Waals surface area contributed by atoms with Gasteiger partial charge in [-0.25, -0.2) is 0 Å². The third-order valence-electron chi connectivity index (χ3n) is 4.52. The van der Waals surface area contributed by atoms with Crippen LogP contribution in [0.4, 0.5) is 0 Å². The fourth-order valence-corrected chi connectivity index (χ4v) is 3.28. The molecule has 1 fully saturated rings. The van der Waals surface area contributed by atoms with Gasteiger partial charge in [-0.15, -0.1) is 0 Å². The first-order chi connectivity index (χ1) is 9.76. The van der Waals surface area contributed by atoms with Gasteiger partial charge in [0.15, 0.2) is 0 Å². The fraction of sp³-hybridized carbons (Fsp3) is 0.529. The molecule has 0 aromatic heterocycles. The molecular formula is C17H20N2O. The highest BCUT2D eigenvalue weighted by molar-refractivity contribution is 5.77. The SMILES string of the molecule is N#CC1CCC(=O)N(CCc2ccc3c(c2)CCC3)C1. The van der Waals surface area contributed by atoms with E-state index in [1.807, 2.05) is 4.90 Å². The molecule has 1 aliphatic carbocycles. The van der Waals surface area contributed by atoms with Crippen molar-refractivity contribution < 1.29 is 4.79 Å². The lowest BCUT2D eigenvalue weighted by atomic mass is 9.98. The number of benzene rings is 1. The van der Waals surface area contributed by atoms with Crippen molar-refractivity contribution in [1.82, 2.24) is 4.90 Å². The van der Waals surface area contributed by atoms with Gasteiger partial charge in [0.2, 0.25) is 5.91 Å². The molecule has 1 aromatic rings. The van der Waals surface area contributed by atoms with Crippen LogP contribution in [0.5, 0.6) is 0 Å². The molecule has 1 heterocycles. The van der Waals surface area contributed by atoms with Crippen LogP contribution in [0.15, 0.2) is 18.2 Å². The number of piperidine rings is 1. The van der Waals surface area contributed by atoms with Gasteiger partial charge in [0.05, 0.1) is 12.0 Å². The summed E-state index contributed by atoms with van der Waals surface area (Å²) in [6.45, 7) is 1.36. The van der Waals surface area contributed by atoms with E-state index in [0.29, 0.717) is 13.0 Å². The van der Waals surface area contributed by atoms with E-state index >= 15 is 0 Å². The predicted molar refractivity (Wildman–Crippen MR) is 77.1 cm³/mol. The highest BCUT2D eigenvalue weighted by Gasteiger charge is 2.25. The van der Waals surface area contributed by atoms with E-state index < -0.39 is 0 Å². The highest BCUT2D eigenvalue weighted by Crippen LogP contribution is 2.23. The number of carbonyl (C=O) groups excluding carboxylic acids is 1. The average Bonchev–Trinajstić information content (AvgIpc) is 2.94. The van der Waals surface area contributed by atoms with Crippen LogP contribution in [0.1, 0.15) is 36.0 Å². The maximum Gasteiger partial charge on any atom is 0.222 e. The average molecular weight is 268 g/mol. The lowest BCUT2D eigenvalue weighted by Gasteiger charge is -2.29. The van der Waals surface area contributed by atoms with Gasteiger partial charge in [-0.3, -0.25) is 4.79 Å². The second kappa shape index (κ2) is 5.66. The van der Waals surface area contributed by atoms with Crippen LogP contribution in [0.25, 0.3) is 0 Å². The normalized spacial score (nSPS) is 21.6. The Bertz CT molecular complexity index is 559. The molecule has 3 nitrogen and oxygen atoms in total. The summed E-state index contributed by atoms with van der Waals surface area (Å²) in [5.41, 5.74) is 4.30. The van der Waals surface area contributed by atoms with Gasteiger partial charge in [-0.05, 0) is 48.8 Å². The topological polar surface area (TPSA) is 44.1 Å². The summed E-state index contributed by atoms with van der Waals surface area (Å²) < 4.78 is 0. The smallest absolute Gasteiger partial charge is 0.222 e. The second-order valence-electron chi connectivity index (χ2n) is 5.91. The monoisotopic (exact) mass is 268 g/mol. The summed E-state index contributed by atoms with van der Waals surface area (Å²) in [4.78, 5) is 13.7. The lowest BCUT2D eigenvalue weighted by molar-refractivity contribution is -0.134. The fourth-order valence-electron chi connectivity index (χ4n) is 3.28. The standard InChI is InChI=1S/C17H20N2O/c18-11-14-5-7-17(20)19(12-14)9-8-13-4-6-15-2-1-3-16(15)10-13/h4,6,10,14H,1-3,5,7-9,12H2. The molecule has 3 heteroatoms. The van der Waals surface area contributed by atoms with Crippen molar-refractivity contribution in [3.63, 3.8) is 0 Å². The molecule has 104 valence electrons. The number of fused-ring (bicyclic) bond motifs is 1. The van der Waals surface area contributed by atoms with E-state index in [4.69, 9.17) is 5.26 Å². The van der Waals surface area contributed by atoms with E-state index in [9.17, 15) is 4.79 Å². The first kappa shape index (κ1) is 13.2. The zero-order chi connectivity index (χ0) is 13.9. The summed E-state index contributed by atoms with van der Waals surface area (Å²) in [7, 11) is 0. The van der Waals surface area contributed by atoms with Gasteiger partial charge in [0.25, 0.3) is 0 Å². The highest BCUT2D eigenvalue weighted by atomic mass is 16.2. The molecule has 0 bridgehead atoms. The summed E-state index contributed by atoms with van der Waals surface area (Å²) in [6, 6.07) is 9.04. The Kier molecular flexibility index (Phi) is 3.73. The van der Waals surface area contributed by atoms with Gasteiger partial charge in [0.1, 0.15) is 0 Å². The summed E-state index contributed by atoms with van der Waals surface area (Å²) >= 11 is 0. The van der Waals surface area contributed by atoms with Crippen LogP contribution >= 0.6 is 0 Å². The minimum Gasteiger partial charge on any atom is -0.341 e. The van der Waals surface area contributed by atoms with Crippen LogP contribution in [0.3, 0.4) is 0 Å². The molecule has 1 aromatic carbocycles. The van der Waals surface area contributed by atoms with Crippen molar-refractivity contribution in [2.75, 3.05) is 13.1 Å². The molecule has 1 amide bonds. The number of rotatable bonds is 3. The van der Waals surface area contributed by atoms with E-state index in [-0.39, 0.29) is 11.8 Å². The molecule has 0 saturated carbocycles. The quantitative estimate of drug-likeness (QED) is 0.845. The van der Waals surface area contributed by atoms with Crippen LogP contribution in [-0.2, 0) is 24.1 Å². The van der Waals surface area contributed by atoms with E-state index in [1.54, 1.807) is 0 Å². The molecular weight excluding hydrogens is 248 g/mol. The third-order valence-corrected chi connectivity index (χ3v) is 4.52. The minimum atomic E-state index is 0.0210. The summed E-state index contributed by atoms with van der Waals surface area (Å²) in [6.07, 6.45) is 5.84. The Labute approximate surface area is 120 Å². The van der Waals surface area contributed by atoms with Crippen LogP contribution in [-0.4, -0.2) is 23.9 Å². The molecule has 0 spiro atoms. The largest absolute Gasteiger partial charge is 0.341 e. The van der Waals surface area contributed by atoms with Crippen molar-refractivity contribution in [2.24, 2.45) is 5.92 Å². The number of nitriles is 1. The minimum absolute atomic E-state index is 0.0210. The molecule has 0 N–H and O–H groups in total. The van der Waals surface area contributed by atoms with E-state index in [0.717, 1.165) is 19.4 Å². The van der Waals surface area contributed by atoms with Crippen molar-refractivity contribution >= 4 is 5.91 Å². The second-order valence-corrected chi connectivity index (χ2v) is 5.91. The number of hydrogen-bond acceptors (Lipinski definition) is 2. The van der Waals surface area contributed by atoms with Gasteiger partial charge >= 0.3 is 0 Å². The Morgan fingerprint density at radius 1 is 1.25 bits per heavy atom. The van der Waals surface area contributed by atoms with Crippen LogP contribution < -0.4 is 0 Å². The van der Waals surface area contributed by atoms with Gasteiger partial charge < -0.3 is 4.90 Å². The molecule has 1 unspecified atom stereocenters. The summed E-state index contributed by atoms with van der Waals surface area (Å²) in [5.74, 6) is 0.227. The number of aryl methyl sites for hydroxylation is 2. The van der Waals surface area contributed by atoms with Gasteiger partial charge in [-0.2, -0.15) is 5.26 Å². The van der Waals surface area contributed by atoms with E-state index in [2.05, 4.69) is 24.3 Å². The zero-order valence-electron chi connectivity index (χ0n) is 11.8. The number of amides is 1. The van der Waals surface area contributed by atoms with Crippen molar-refractivity contribution in [2.45, 2.75) is 38.5 Å². The lowest BCUT2D eigenvalue weighted by Crippen LogP contribution is -2.40. The van der Waals surface area contributed by atoms with Crippen molar-refractivity contribution in [3.05, 3.63) is 34.9 Å². The predicted octanol–water partition coefficient (Wildman–Crippen LogP) is 2.48. The Morgan fingerprint density at radius 3 is 2.95 bits per heavy atom. The zero-order valence-corrected chi connectivity index (χ0v) is 11.8. The van der Waals surface area contributed by atoms with Gasteiger partial charge in [0, 0.05) is 19.5 Å². The first-order valence-corrected chi connectivity index (χ1v) is 7.54. The van der Waals surface area contributed by atoms with Gasteiger partial charge in [-0.1, -0.05) is 18.2 Å². The number of carbonyl (C=O) groups is 1. The molecule has 0 radical (unpaired) electrons. The van der Waals surface area contributed by atoms with E-state index in [1.165, 1.54) is 36.0 Å². The van der Waals surface area contributed by atoms with Crippen molar-refractivity contribution in [1.29, 1.82) is 5.26 Å². The molecule has 20 heavy (non-hydrogen) atoms. The maximum atomic E-state index is 11.9. The number of hydrogen-bond donors (Lipinski definition) is 0. The molecule has 1 atom stereocenters. The van der Waals surface area contributed by atoms with Crippen LogP contribution in [0, 0.1) is 17.2 Å². The maximum absolute atomic E-state index is 11.9. The molecule has 3 rings (SSSR count). The molecule has 1 saturated heterocycles. The number of nitrogens with zero attached hydrogens (tertiary/aromatic N) is 2. The van der Waals surface area contributed by atoms with Crippen molar-refractivity contribution in [3.8, 4) is 6.07 Å². The van der Waals surface area contributed by atoms with Crippen LogP contribution in [0.2, 0.25) is 0 Å². The first-order valence-electron chi connectivity index (χ1n) is 7.54. The summed E-state index contributed by atoms with van der Waals surface area (Å²) in [5, 5.41) is 9.00.